The summed E-state index contributed by atoms with van der Waals surface area (Å²) in [6.45, 7) is 2.30. The normalized spacial score (nSPS) is 56.3. The maximum atomic E-state index is 11.6. The Morgan fingerprint density at radius 1 is 1.12 bits per heavy atom. The minimum Gasteiger partial charge on any atom is -0.341 e. The van der Waals surface area contributed by atoms with E-state index in [1.165, 1.54) is 38.5 Å². The zero-order chi connectivity index (χ0) is 11.7. The molecule has 1 heterocycles. The number of nitrogens with one attached hydrogen (secondary N) is 1. The van der Waals surface area contributed by atoms with Gasteiger partial charge in [0.15, 0.2) is 0 Å². The van der Waals surface area contributed by atoms with E-state index < -0.39 is 0 Å². The predicted molar refractivity (Wildman–Crippen MR) is 69.6 cm³/mol. The molecule has 0 aromatic rings. The number of rotatable bonds is 1. The van der Waals surface area contributed by atoms with Crippen LogP contribution in [0.15, 0.2) is 0 Å². The van der Waals surface area contributed by atoms with Crippen LogP contribution < -0.4 is 5.32 Å². The minimum atomic E-state index is 0.0418. The molecule has 1 saturated heterocycles. The van der Waals surface area contributed by atoms with Crippen molar-refractivity contribution in [3.63, 3.8) is 0 Å². The van der Waals surface area contributed by atoms with E-state index in [-0.39, 0.29) is 10.8 Å². The third kappa shape index (κ3) is 1.38. The second-order valence-corrected chi connectivity index (χ2v) is 8.46. The van der Waals surface area contributed by atoms with E-state index >= 15 is 0 Å². The van der Waals surface area contributed by atoms with E-state index in [1.807, 2.05) is 11.8 Å². The lowest BCUT2D eigenvalue weighted by molar-refractivity contribution is -0.123. The minimum absolute atomic E-state index is 0.0418. The highest BCUT2D eigenvalue weighted by molar-refractivity contribution is 8.01. The second-order valence-electron chi connectivity index (χ2n) is 7.07. The van der Waals surface area contributed by atoms with Crippen LogP contribution in [0.25, 0.3) is 0 Å². The Morgan fingerprint density at radius 3 is 2.06 bits per heavy atom. The van der Waals surface area contributed by atoms with Gasteiger partial charge in [-0.2, -0.15) is 0 Å². The van der Waals surface area contributed by atoms with Crippen molar-refractivity contribution in [1.29, 1.82) is 0 Å². The van der Waals surface area contributed by atoms with Gasteiger partial charge in [0.2, 0.25) is 5.91 Å². The Hall–Kier alpha value is -0.180. The summed E-state index contributed by atoms with van der Waals surface area (Å²) in [7, 11) is 0. The molecule has 1 unspecified atom stereocenters. The number of carbonyl (C=O) groups is 1. The van der Waals surface area contributed by atoms with Crippen LogP contribution in [0.5, 0.6) is 0 Å². The molecule has 5 fully saturated rings. The summed E-state index contributed by atoms with van der Waals surface area (Å²) in [6.07, 6.45) is 8.57. The lowest BCUT2D eigenvalue weighted by Gasteiger charge is -2.61. The van der Waals surface area contributed by atoms with Gasteiger partial charge < -0.3 is 5.32 Å². The van der Waals surface area contributed by atoms with Gasteiger partial charge in [0.05, 0.1) is 10.6 Å². The second kappa shape index (κ2) is 3.23. The molecule has 3 heteroatoms. The predicted octanol–water partition coefficient (Wildman–Crippen LogP) is 2.78. The fraction of sp³-hybridized carbons (Fsp3) is 0.929. The van der Waals surface area contributed by atoms with Crippen LogP contribution in [0.3, 0.4) is 0 Å². The van der Waals surface area contributed by atoms with Crippen LogP contribution in [0.4, 0.5) is 0 Å². The van der Waals surface area contributed by atoms with Crippen molar-refractivity contribution in [2.24, 2.45) is 23.2 Å². The molecule has 1 atom stereocenters. The van der Waals surface area contributed by atoms with Crippen LogP contribution in [-0.2, 0) is 4.79 Å². The third-order valence-corrected chi connectivity index (χ3v) is 7.44. The summed E-state index contributed by atoms with van der Waals surface area (Å²) in [4.78, 5) is 11.7. The standard InChI is InChI=1S/C14H21NOS/c1-13(15-12(16)8-17-13)14-5-9-2-10(6-14)4-11(3-9)7-14/h9-11H,2-8H2,1H3,(H,15,16). The van der Waals surface area contributed by atoms with Crippen LogP contribution in [-0.4, -0.2) is 16.5 Å². The molecule has 2 nitrogen and oxygen atoms in total. The van der Waals surface area contributed by atoms with Gasteiger partial charge in [-0.05, 0) is 63.2 Å². The highest BCUT2D eigenvalue weighted by Crippen LogP contribution is 2.66. The topological polar surface area (TPSA) is 29.1 Å². The lowest BCUT2D eigenvalue weighted by atomic mass is 9.47. The Morgan fingerprint density at radius 2 is 1.65 bits per heavy atom. The molecular weight excluding hydrogens is 230 g/mol. The summed E-state index contributed by atoms with van der Waals surface area (Å²) in [5.74, 6) is 3.84. The van der Waals surface area contributed by atoms with Crippen molar-refractivity contribution in [2.45, 2.75) is 50.3 Å². The largest absolute Gasteiger partial charge is 0.341 e. The molecule has 1 amide bonds. The van der Waals surface area contributed by atoms with Crippen molar-refractivity contribution < 1.29 is 4.79 Å². The number of hydrogen-bond acceptors (Lipinski definition) is 2. The van der Waals surface area contributed by atoms with Gasteiger partial charge in [0.1, 0.15) is 0 Å². The summed E-state index contributed by atoms with van der Waals surface area (Å²) < 4.78 is 0. The van der Waals surface area contributed by atoms with Crippen molar-refractivity contribution in [1.82, 2.24) is 5.32 Å². The Kier molecular flexibility index (Phi) is 2.03. The van der Waals surface area contributed by atoms with Crippen molar-refractivity contribution in [3.05, 3.63) is 0 Å². The number of hydrogen-bond donors (Lipinski definition) is 1. The first-order chi connectivity index (χ1) is 8.09. The summed E-state index contributed by atoms with van der Waals surface area (Å²) >= 11 is 1.88. The van der Waals surface area contributed by atoms with E-state index in [0.29, 0.717) is 11.2 Å². The number of amides is 1. The fourth-order valence-electron chi connectivity index (χ4n) is 5.53. The molecule has 5 aliphatic rings. The molecule has 4 saturated carbocycles. The molecule has 17 heavy (non-hydrogen) atoms. The lowest BCUT2D eigenvalue weighted by Crippen LogP contribution is -2.60. The van der Waals surface area contributed by atoms with Gasteiger partial charge in [-0.25, -0.2) is 0 Å². The van der Waals surface area contributed by atoms with E-state index in [0.717, 1.165) is 17.8 Å². The first kappa shape index (κ1) is 10.7. The Balaban J connectivity index is 1.70. The van der Waals surface area contributed by atoms with Crippen LogP contribution in [0, 0.1) is 23.2 Å². The first-order valence-corrected chi connectivity index (χ1v) is 8.02. The molecule has 0 aromatic heterocycles. The molecule has 4 bridgehead atoms. The van der Waals surface area contributed by atoms with Crippen LogP contribution >= 0.6 is 11.8 Å². The average molecular weight is 251 g/mol. The molecule has 4 aliphatic carbocycles. The summed E-state index contributed by atoms with van der Waals surface area (Å²) in [5, 5.41) is 3.31. The smallest absolute Gasteiger partial charge is 0.231 e. The monoisotopic (exact) mass is 251 g/mol. The first-order valence-electron chi connectivity index (χ1n) is 7.04. The third-order valence-electron chi connectivity index (χ3n) is 5.92. The van der Waals surface area contributed by atoms with E-state index in [1.54, 1.807) is 0 Å². The van der Waals surface area contributed by atoms with Crippen LogP contribution in [0.2, 0.25) is 0 Å². The quantitative estimate of drug-likeness (QED) is 0.776. The molecule has 94 valence electrons. The summed E-state index contributed by atoms with van der Waals surface area (Å²) in [5.41, 5.74) is 0.429. The van der Waals surface area contributed by atoms with Gasteiger partial charge in [0.25, 0.3) is 0 Å². The van der Waals surface area contributed by atoms with E-state index in [9.17, 15) is 4.79 Å². The van der Waals surface area contributed by atoms with Gasteiger partial charge in [-0.15, -0.1) is 11.8 Å². The molecule has 1 N–H and O–H groups in total. The molecule has 1 aliphatic heterocycles. The zero-order valence-corrected chi connectivity index (χ0v) is 11.3. The maximum Gasteiger partial charge on any atom is 0.231 e. The maximum absolute atomic E-state index is 11.6. The zero-order valence-electron chi connectivity index (χ0n) is 10.5. The highest BCUT2D eigenvalue weighted by Gasteiger charge is 2.60. The van der Waals surface area contributed by atoms with Gasteiger partial charge in [0, 0.05) is 5.41 Å². The van der Waals surface area contributed by atoms with Gasteiger partial charge in [-0.1, -0.05) is 0 Å². The Bertz CT molecular complexity index is 345. The van der Waals surface area contributed by atoms with E-state index in [2.05, 4.69) is 12.2 Å². The molecular formula is C14H21NOS. The van der Waals surface area contributed by atoms with Gasteiger partial charge in [-0.3, -0.25) is 4.79 Å². The van der Waals surface area contributed by atoms with Gasteiger partial charge >= 0.3 is 0 Å². The Labute approximate surface area is 107 Å². The molecule has 0 radical (unpaired) electrons. The highest BCUT2D eigenvalue weighted by atomic mass is 32.2. The van der Waals surface area contributed by atoms with Crippen molar-refractivity contribution >= 4 is 17.7 Å². The van der Waals surface area contributed by atoms with Crippen LogP contribution in [0.1, 0.15) is 45.4 Å². The molecule has 5 rings (SSSR count). The fourth-order valence-corrected chi connectivity index (χ4v) is 6.76. The summed E-state index contributed by atoms with van der Waals surface area (Å²) in [6, 6.07) is 0. The SMILES string of the molecule is CC1(C23CC4CC(CC(C4)C2)C3)NC(=O)CS1. The average Bonchev–Trinajstić information content (AvgIpc) is 2.58. The van der Waals surface area contributed by atoms with Crippen molar-refractivity contribution in [2.75, 3.05) is 5.75 Å². The molecule has 0 aromatic carbocycles. The number of thioether (sulfide) groups is 1. The number of carbonyl (C=O) groups excluding carboxylic acids is 1. The van der Waals surface area contributed by atoms with Crippen molar-refractivity contribution in [3.8, 4) is 0 Å². The molecule has 0 spiro atoms. The van der Waals surface area contributed by atoms with E-state index in [4.69, 9.17) is 0 Å².